The van der Waals surface area contributed by atoms with Gasteiger partial charge >= 0.3 is 6.03 Å². The molecular formula is C19H26N4OS. The van der Waals surface area contributed by atoms with Gasteiger partial charge in [0.1, 0.15) is 0 Å². The van der Waals surface area contributed by atoms with Crippen LogP contribution in [0.5, 0.6) is 0 Å². The van der Waals surface area contributed by atoms with E-state index in [2.05, 4.69) is 46.4 Å². The topological polar surface area (TPSA) is 48.5 Å². The Labute approximate surface area is 153 Å². The molecule has 1 saturated heterocycles. The summed E-state index contributed by atoms with van der Waals surface area (Å²) in [5.41, 5.74) is 5.57. The monoisotopic (exact) mass is 358 g/mol. The SMILES string of the molecule is Cc1ccccc1[C@@H]1CCN(CCNC(=O)N(C)Cc2cscn2)C1. The highest BCUT2D eigenvalue weighted by molar-refractivity contribution is 7.07. The molecule has 2 heterocycles. The zero-order chi connectivity index (χ0) is 17.6. The van der Waals surface area contributed by atoms with Crippen LogP contribution in [0.2, 0.25) is 0 Å². The van der Waals surface area contributed by atoms with Gasteiger partial charge in [0.05, 0.1) is 17.7 Å². The number of amides is 2. The van der Waals surface area contributed by atoms with Crippen LogP contribution in [0.1, 0.15) is 29.2 Å². The number of rotatable bonds is 6. The minimum absolute atomic E-state index is 0.0392. The minimum atomic E-state index is -0.0392. The van der Waals surface area contributed by atoms with Crippen molar-refractivity contribution in [1.82, 2.24) is 20.1 Å². The number of urea groups is 1. The molecule has 1 atom stereocenters. The Morgan fingerprint density at radius 1 is 1.44 bits per heavy atom. The van der Waals surface area contributed by atoms with E-state index >= 15 is 0 Å². The number of carbonyl (C=O) groups excluding carboxylic acids is 1. The van der Waals surface area contributed by atoms with E-state index in [1.54, 1.807) is 28.8 Å². The van der Waals surface area contributed by atoms with Gasteiger partial charge in [-0.05, 0) is 36.9 Å². The van der Waals surface area contributed by atoms with Gasteiger partial charge < -0.3 is 15.1 Å². The number of nitrogens with zero attached hydrogens (tertiary/aromatic N) is 3. The highest BCUT2D eigenvalue weighted by Gasteiger charge is 2.24. The average molecular weight is 359 g/mol. The standard InChI is InChI=1S/C19H26N4OS/c1-15-5-3-4-6-18(15)16-7-9-23(11-16)10-8-20-19(24)22(2)12-17-13-25-14-21-17/h3-6,13-14,16H,7-12H2,1-2H3,(H,20,24)/t16-/m1/s1. The summed E-state index contributed by atoms with van der Waals surface area (Å²) in [5, 5.41) is 4.98. The lowest BCUT2D eigenvalue weighted by molar-refractivity contribution is 0.204. The lowest BCUT2D eigenvalue weighted by Crippen LogP contribution is -2.40. The molecule has 1 fully saturated rings. The van der Waals surface area contributed by atoms with Gasteiger partial charge in [0, 0.05) is 32.1 Å². The van der Waals surface area contributed by atoms with Crippen molar-refractivity contribution in [3.63, 3.8) is 0 Å². The van der Waals surface area contributed by atoms with Crippen molar-refractivity contribution in [1.29, 1.82) is 0 Å². The number of thiazole rings is 1. The average Bonchev–Trinajstić information content (AvgIpc) is 3.27. The predicted octanol–water partition coefficient (Wildman–Crippen LogP) is 3.08. The third-order valence-electron chi connectivity index (χ3n) is 4.83. The van der Waals surface area contributed by atoms with Crippen LogP contribution in [0.4, 0.5) is 4.79 Å². The van der Waals surface area contributed by atoms with Crippen LogP contribution in [0.3, 0.4) is 0 Å². The third kappa shape index (κ3) is 4.80. The largest absolute Gasteiger partial charge is 0.337 e. The Kier molecular flexibility index (Phi) is 6.04. The van der Waals surface area contributed by atoms with E-state index in [0.717, 1.165) is 25.3 Å². The summed E-state index contributed by atoms with van der Waals surface area (Å²) < 4.78 is 0. The molecular weight excluding hydrogens is 332 g/mol. The number of carbonyl (C=O) groups is 1. The van der Waals surface area contributed by atoms with Crippen LogP contribution in [-0.2, 0) is 6.54 Å². The van der Waals surface area contributed by atoms with Gasteiger partial charge in [0.15, 0.2) is 0 Å². The molecule has 2 aromatic rings. The Hall–Kier alpha value is -1.92. The van der Waals surface area contributed by atoms with Gasteiger partial charge in [-0.1, -0.05) is 24.3 Å². The number of likely N-dealkylation sites (tertiary alicyclic amines) is 1. The molecule has 0 spiro atoms. The first-order valence-electron chi connectivity index (χ1n) is 8.77. The van der Waals surface area contributed by atoms with Crippen molar-refractivity contribution in [3.8, 4) is 0 Å². The number of nitrogens with one attached hydrogen (secondary N) is 1. The number of hydrogen-bond donors (Lipinski definition) is 1. The molecule has 25 heavy (non-hydrogen) atoms. The Morgan fingerprint density at radius 2 is 2.28 bits per heavy atom. The molecule has 1 aromatic carbocycles. The summed E-state index contributed by atoms with van der Waals surface area (Å²) in [6.07, 6.45) is 1.20. The van der Waals surface area contributed by atoms with E-state index in [1.165, 1.54) is 17.5 Å². The van der Waals surface area contributed by atoms with Gasteiger partial charge in [-0.3, -0.25) is 0 Å². The Morgan fingerprint density at radius 3 is 3.04 bits per heavy atom. The maximum absolute atomic E-state index is 12.1. The number of aromatic nitrogens is 1. The first-order valence-corrected chi connectivity index (χ1v) is 9.71. The van der Waals surface area contributed by atoms with Crippen LogP contribution >= 0.6 is 11.3 Å². The van der Waals surface area contributed by atoms with Crippen LogP contribution in [0.25, 0.3) is 0 Å². The summed E-state index contributed by atoms with van der Waals surface area (Å²) >= 11 is 1.55. The second-order valence-electron chi connectivity index (χ2n) is 6.71. The molecule has 5 nitrogen and oxygen atoms in total. The zero-order valence-electron chi connectivity index (χ0n) is 14.9. The molecule has 0 radical (unpaired) electrons. The molecule has 134 valence electrons. The second kappa shape index (κ2) is 8.45. The fourth-order valence-electron chi connectivity index (χ4n) is 3.42. The highest BCUT2D eigenvalue weighted by Crippen LogP contribution is 2.28. The summed E-state index contributed by atoms with van der Waals surface area (Å²) in [5.74, 6) is 0.615. The molecule has 1 aliphatic heterocycles. The summed E-state index contributed by atoms with van der Waals surface area (Å²) in [6, 6.07) is 8.63. The molecule has 0 saturated carbocycles. The second-order valence-corrected chi connectivity index (χ2v) is 7.43. The number of benzene rings is 1. The molecule has 1 N–H and O–H groups in total. The van der Waals surface area contributed by atoms with Gasteiger partial charge in [0.2, 0.25) is 0 Å². The molecule has 0 aliphatic carbocycles. The summed E-state index contributed by atoms with van der Waals surface area (Å²) in [4.78, 5) is 20.5. The zero-order valence-corrected chi connectivity index (χ0v) is 15.8. The molecule has 1 aromatic heterocycles. The first kappa shape index (κ1) is 17.9. The van der Waals surface area contributed by atoms with Crippen molar-refractivity contribution >= 4 is 17.4 Å². The van der Waals surface area contributed by atoms with Gasteiger partial charge in [-0.2, -0.15) is 0 Å². The normalized spacial score (nSPS) is 17.6. The fourth-order valence-corrected chi connectivity index (χ4v) is 3.97. The van der Waals surface area contributed by atoms with E-state index in [4.69, 9.17) is 0 Å². The smallest absolute Gasteiger partial charge is 0.317 e. The summed E-state index contributed by atoms with van der Waals surface area (Å²) in [7, 11) is 1.80. The molecule has 1 aliphatic rings. The van der Waals surface area contributed by atoms with Crippen molar-refractivity contribution in [2.24, 2.45) is 0 Å². The van der Waals surface area contributed by atoms with Crippen LogP contribution in [-0.4, -0.2) is 54.0 Å². The first-order chi connectivity index (χ1) is 12.1. The predicted molar refractivity (Wildman–Crippen MR) is 102 cm³/mol. The van der Waals surface area contributed by atoms with Crippen molar-refractivity contribution in [3.05, 3.63) is 52.0 Å². The Bertz CT molecular complexity index is 688. The van der Waals surface area contributed by atoms with Crippen molar-refractivity contribution in [2.45, 2.75) is 25.8 Å². The van der Waals surface area contributed by atoms with Crippen LogP contribution in [0, 0.1) is 6.92 Å². The molecule has 3 rings (SSSR count). The lowest BCUT2D eigenvalue weighted by Gasteiger charge is -2.20. The van der Waals surface area contributed by atoms with Gasteiger partial charge in [-0.15, -0.1) is 11.3 Å². The van der Waals surface area contributed by atoms with E-state index in [1.807, 2.05) is 5.38 Å². The number of aryl methyl sites for hydroxylation is 1. The van der Waals surface area contributed by atoms with E-state index < -0.39 is 0 Å². The summed E-state index contributed by atoms with van der Waals surface area (Å²) in [6.45, 7) is 6.50. The quantitative estimate of drug-likeness (QED) is 0.863. The van der Waals surface area contributed by atoms with Crippen LogP contribution in [0.15, 0.2) is 35.2 Å². The van der Waals surface area contributed by atoms with Gasteiger partial charge in [-0.25, -0.2) is 9.78 Å². The third-order valence-corrected chi connectivity index (χ3v) is 5.47. The van der Waals surface area contributed by atoms with Crippen molar-refractivity contribution < 1.29 is 4.79 Å². The Balaban J connectivity index is 1.39. The van der Waals surface area contributed by atoms with Crippen LogP contribution < -0.4 is 5.32 Å². The minimum Gasteiger partial charge on any atom is -0.337 e. The maximum atomic E-state index is 12.1. The van der Waals surface area contributed by atoms with Gasteiger partial charge in [0.25, 0.3) is 0 Å². The molecule has 2 amide bonds. The fraction of sp³-hybridized carbons (Fsp3) is 0.474. The maximum Gasteiger partial charge on any atom is 0.317 e. The van der Waals surface area contributed by atoms with E-state index in [0.29, 0.717) is 19.0 Å². The van der Waals surface area contributed by atoms with Crippen molar-refractivity contribution in [2.75, 3.05) is 33.2 Å². The number of hydrogen-bond acceptors (Lipinski definition) is 4. The lowest BCUT2D eigenvalue weighted by atomic mass is 9.94. The molecule has 0 unspecified atom stereocenters. The molecule has 0 bridgehead atoms. The molecule has 6 heteroatoms. The van der Waals surface area contributed by atoms with E-state index in [-0.39, 0.29) is 6.03 Å². The van der Waals surface area contributed by atoms with E-state index in [9.17, 15) is 4.79 Å². The highest BCUT2D eigenvalue weighted by atomic mass is 32.1.